The number of benzene rings is 2. The minimum atomic E-state index is -0.111. The summed E-state index contributed by atoms with van der Waals surface area (Å²) in [6, 6.07) is 17.6. The van der Waals surface area contributed by atoms with Gasteiger partial charge >= 0.3 is 0 Å². The van der Waals surface area contributed by atoms with Crippen LogP contribution in [0.3, 0.4) is 0 Å². The summed E-state index contributed by atoms with van der Waals surface area (Å²) in [6.07, 6.45) is 2.12. The second kappa shape index (κ2) is 9.38. The Morgan fingerprint density at radius 3 is 2.41 bits per heavy atom. The van der Waals surface area contributed by atoms with E-state index in [1.54, 1.807) is 0 Å². The van der Waals surface area contributed by atoms with Gasteiger partial charge < -0.3 is 10.1 Å². The lowest BCUT2D eigenvalue weighted by Gasteiger charge is -2.07. The fourth-order valence-electron chi connectivity index (χ4n) is 2.06. The fraction of sp³-hybridized carbons (Fsp3) is 0.278. The van der Waals surface area contributed by atoms with Gasteiger partial charge in [-0.15, -0.1) is 0 Å². The number of aryl methyl sites for hydroxylation is 1. The molecule has 1 N–H and O–H groups in total. The first-order chi connectivity index (χ1) is 10.8. The van der Waals surface area contributed by atoms with Gasteiger partial charge in [0.25, 0.3) is 5.91 Å². The molecule has 116 valence electrons. The van der Waals surface area contributed by atoms with E-state index in [2.05, 4.69) is 21.2 Å². The summed E-state index contributed by atoms with van der Waals surface area (Å²) in [6.45, 7) is 0.700. The van der Waals surface area contributed by atoms with E-state index in [9.17, 15) is 4.79 Å². The van der Waals surface area contributed by atoms with Gasteiger partial charge in [-0.05, 0) is 36.1 Å². The Morgan fingerprint density at radius 2 is 1.73 bits per heavy atom. The Bertz CT molecular complexity index is 569. The van der Waals surface area contributed by atoms with Crippen molar-refractivity contribution in [3.63, 3.8) is 0 Å². The highest BCUT2D eigenvalue weighted by Gasteiger charge is 2.04. The highest BCUT2D eigenvalue weighted by atomic mass is 79.9. The summed E-state index contributed by atoms with van der Waals surface area (Å²) in [5, 5.41) is 3.76. The number of halogens is 1. The van der Waals surface area contributed by atoms with Crippen molar-refractivity contribution in [3.8, 4) is 0 Å². The van der Waals surface area contributed by atoms with Gasteiger partial charge in [0.05, 0.1) is 6.61 Å². The molecule has 0 bridgehead atoms. The smallest absolute Gasteiger partial charge is 0.253 e. The Balaban J connectivity index is 1.72. The van der Waals surface area contributed by atoms with Crippen molar-refractivity contribution in [3.05, 3.63) is 71.3 Å². The first-order valence-electron chi connectivity index (χ1n) is 7.34. The van der Waals surface area contributed by atoms with Crippen molar-refractivity contribution in [2.45, 2.75) is 19.4 Å². The highest BCUT2D eigenvalue weighted by molar-refractivity contribution is 9.09. The minimum absolute atomic E-state index is 0.111. The summed E-state index contributed by atoms with van der Waals surface area (Å²) in [7, 11) is 0. The number of hydrogen-bond donors (Lipinski definition) is 1. The fourth-order valence-corrected chi connectivity index (χ4v) is 2.34. The van der Waals surface area contributed by atoms with Crippen LogP contribution in [0, 0.1) is 0 Å². The molecule has 2 aromatic rings. The molecular formula is C18H20BrNO2. The maximum atomic E-state index is 12.0. The molecule has 0 fully saturated rings. The van der Waals surface area contributed by atoms with Crippen LogP contribution >= 0.6 is 15.9 Å². The zero-order valence-electron chi connectivity index (χ0n) is 12.4. The maximum Gasteiger partial charge on any atom is 0.253 e. The molecule has 0 heterocycles. The van der Waals surface area contributed by atoms with Crippen LogP contribution in [0.4, 0.5) is 0 Å². The third-order valence-corrected chi connectivity index (χ3v) is 3.82. The molecule has 1 amide bonds. The van der Waals surface area contributed by atoms with E-state index < -0.39 is 0 Å². The Morgan fingerprint density at radius 1 is 1.00 bits per heavy atom. The monoisotopic (exact) mass is 361 g/mol. The molecule has 0 saturated carbocycles. The molecule has 0 atom stereocenters. The van der Waals surface area contributed by atoms with E-state index in [0.717, 1.165) is 23.7 Å². The van der Waals surface area contributed by atoms with Crippen molar-refractivity contribution in [1.29, 1.82) is 0 Å². The molecule has 0 aliphatic carbocycles. The number of rotatable bonds is 8. The van der Waals surface area contributed by atoms with Crippen LogP contribution in [-0.4, -0.2) is 18.0 Å². The van der Waals surface area contributed by atoms with E-state index in [1.165, 1.54) is 5.56 Å². The standard InChI is InChI=1S/C18H20BrNO2/c19-12-4-7-15-8-10-17(11-9-15)18(21)20-14-22-13-16-5-2-1-3-6-16/h1-3,5-6,8-11H,4,7,12-14H2,(H,20,21). The molecule has 2 aromatic carbocycles. The van der Waals surface area contributed by atoms with Crippen molar-refractivity contribution in [1.82, 2.24) is 5.32 Å². The van der Waals surface area contributed by atoms with Crippen molar-refractivity contribution in [2.75, 3.05) is 12.1 Å². The molecule has 3 nitrogen and oxygen atoms in total. The molecular weight excluding hydrogens is 342 g/mol. The largest absolute Gasteiger partial charge is 0.357 e. The molecule has 0 aliphatic heterocycles. The number of ether oxygens (including phenoxy) is 1. The van der Waals surface area contributed by atoms with Crippen LogP contribution in [0.15, 0.2) is 54.6 Å². The van der Waals surface area contributed by atoms with Gasteiger partial charge in [-0.2, -0.15) is 0 Å². The summed E-state index contributed by atoms with van der Waals surface area (Å²) in [5.41, 5.74) is 3.00. The minimum Gasteiger partial charge on any atom is -0.357 e. The summed E-state index contributed by atoms with van der Waals surface area (Å²) < 4.78 is 5.45. The van der Waals surface area contributed by atoms with Crippen LogP contribution in [0.2, 0.25) is 0 Å². The third kappa shape index (κ3) is 5.62. The Kier molecular flexibility index (Phi) is 7.13. The lowest BCUT2D eigenvalue weighted by molar-refractivity contribution is 0.0751. The number of carbonyl (C=O) groups excluding carboxylic acids is 1. The normalized spacial score (nSPS) is 10.4. The van der Waals surface area contributed by atoms with Crippen LogP contribution < -0.4 is 5.32 Å². The van der Waals surface area contributed by atoms with E-state index >= 15 is 0 Å². The van der Waals surface area contributed by atoms with Crippen molar-refractivity contribution >= 4 is 21.8 Å². The molecule has 0 saturated heterocycles. The number of nitrogens with one attached hydrogen (secondary N) is 1. The molecule has 0 aliphatic rings. The van der Waals surface area contributed by atoms with Crippen LogP contribution in [-0.2, 0) is 17.8 Å². The molecule has 0 aromatic heterocycles. The predicted octanol–water partition coefficient (Wildman–Crippen LogP) is 3.92. The zero-order valence-corrected chi connectivity index (χ0v) is 14.0. The summed E-state index contributed by atoms with van der Waals surface area (Å²) >= 11 is 3.42. The van der Waals surface area contributed by atoms with E-state index in [4.69, 9.17) is 4.74 Å². The van der Waals surface area contributed by atoms with E-state index in [1.807, 2.05) is 54.6 Å². The van der Waals surface area contributed by atoms with Crippen molar-refractivity contribution in [2.24, 2.45) is 0 Å². The lowest BCUT2D eigenvalue weighted by atomic mass is 10.1. The molecule has 4 heteroatoms. The average Bonchev–Trinajstić information content (AvgIpc) is 2.58. The SMILES string of the molecule is O=C(NCOCc1ccccc1)c1ccc(CCCBr)cc1. The van der Waals surface area contributed by atoms with Gasteiger partial charge in [-0.3, -0.25) is 4.79 Å². The van der Waals surface area contributed by atoms with Crippen molar-refractivity contribution < 1.29 is 9.53 Å². The number of amides is 1. The van der Waals surface area contributed by atoms with Gasteiger partial charge in [-0.25, -0.2) is 0 Å². The first-order valence-corrected chi connectivity index (χ1v) is 8.46. The summed E-state index contributed by atoms with van der Waals surface area (Å²) in [5.74, 6) is -0.111. The first kappa shape index (κ1) is 16.7. The van der Waals surface area contributed by atoms with Gasteiger partial charge in [0.15, 0.2) is 0 Å². The maximum absolute atomic E-state index is 12.0. The van der Waals surface area contributed by atoms with Gasteiger partial charge in [0, 0.05) is 10.9 Å². The van der Waals surface area contributed by atoms with Gasteiger partial charge in [0.2, 0.25) is 0 Å². The molecule has 0 spiro atoms. The number of carbonyl (C=O) groups is 1. The molecule has 2 rings (SSSR count). The van der Waals surface area contributed by atoms with Crippen LogP contribution in [0.5, 0.6) is 0 Å². The van der Waals surface area contributed by atoms with Crippen LogP contribution in [0.25, 0.3) is 0 Å². The van der Waals surface area contributed by atoms with Gasteiger partial charge in [-0.1, -0.05) is 58.4 Å². The van der Waals surface area contributed by atoms with Crippen LogP contribution in [0.1, 0.15) is 27.9 Å². The average molecular weight is 362 g/mol. The molecule has 0 unspecified atom stereocenters. The number of hydrogen-bond acceptors (Lipinski definition) is 2. The summed E-state index contributed by atoms with van der Waals surface area (Å²) in [4.78, 5) is 12.0. The molecule has 22 heavy (non-hydrogen) atoms. The zero-order chi connectivity index (χ0) is 15.6. The topological polar surface area (TPSA) is 38.3 Å². The number of alkyl halides is 1. The third-order valence-electron chi connectivity index (χ3n) is 3.26. The second-order valence-corrected chi connectivity index (χ2v) is 5.77. The van der Waals surface area contributed by atoms with E-state index in [-0.39, 0.29) is 12.6 Å². The molecule has 0 radical (unpaired) electrons. The Labute approximate surface area is 139 Å². The second-order valence-electron chi connectivity index (χ2n) is 4.97. The lowest BCUT2D eigenvalue weighted by Crippen LogP contribution is -2.26. The highest BCUT2D eigenvalue weighted by Crippen LogP contribution is 2.08. The Hall–Kier alpha value is -1.65. The van der Waals surface area contributed by atoms with E-state index in [0.29, 0.717) is 12.2 Å². The van der Waals surface area contributed by atoms with Gasteiger partial charge in [0.1, 0.15) is 6.73 Å². The quantitative estimate of drug-likeness (QED) is 0.439. The predicted molar refractivity (Wildman–Crippen MR) is 92.1 cm³/mol.